The Morgan fingerprint density at radius 1 is 0.976 bits per heavy atom. The molecule has 3 aromatic carbocycles. The zero-order valence-electron chi connectivity index (χ0n) is 23.4. The third-order valence-electron chi connectivity index (χ3n) is 7.75. The Bertz CT molecular complexity index is 1440. The first-order chi connectivity index (χ1) is 20.0. The maximum atomic E-state index is 13.5. The average Bonchev–Trinajstić information content (AvgIpc) is 2.98. The maximum absolute atomic E-state index is 13.5. The number of anilines is 1. The SMILES string of the molecule is CS(=O)(=O)NCCCc1ccc(N2C(=O)[C@H](CCC(O)c3ccc(F)cc3)[C@H]2c2ccc(C(O)(CO)CO)cc2)cc1. The first-order valence-corrected chi connectivity index (χ1v) is 15.7. The van der Waals surface area contributed by atoms with E-state index in [0.29, 0.717) is 49.0 Å². The van der Waals surface area contributed by atoms with Gasteiger partial charge < -0.3 is 25.3 Å². The number of halogens is 1. The number of aliphatic hydroxyl groups excluding tert-OH is 3. The highest BCUT2D eigenvalue weighted by molar-refractivity contribution is 7.88. The average molecular weight is 601 g/mol. The number of aryl methyl sites for hydroxylation is 1. The van der Waals surface area contributed by atoms with E-state index in [9.17, 15) is 38.0 Å². The van der Waals surface area contributed by atoms with Crippen LogP contribution in [0, 0.1) is 11.7 Å². The fourth-order valence-corrected chi connectivity index (χ4v) is 5.80. The summed E-state index contributed by atoms with van der Waals surface area (Å²) in [7, 11) is -3.24. The number of amides is 1. The molecule has 0 aromatic heterocycles. The second-order valence-electron chi connectivity index (χ2n) is 10.8. The molecule has 9 nitrogen and oxygen atoms in total. The standard InChI is InChI=1S/C31H37FN2O7S/c1-42(40,41)33-18-2-3-21-4-14-26(15-5-21)34-29(23-6-10-24(11-7-23)31(39,19-35)20-36)27(30(34)38)16-17-28(37)22-8-12-25(32)13-9-22/h4-15,27-29,33,35-37,39H,2-3,16-20H2,1H3/t27-,28?,29-/m1/s1. The fourth-order valence-electron chi connectivity index (χ4n) is 5.28. The number of aliphatic hydroxyl groups is 4. The molecule has 11 heteroatoms. The van der Waals surface area contributed by atoms with E-state index < -0.39 is 46.7 Å². The van der Waals surface area contributed by atoms with Crippen LogP contribution in [0.3, 0.4) is 0 Å². The molecule has 5 N–H and O–H groups in total. The topological polar surface area (TPSA) is 147 Å². The second-order valence-corrected chi connectivity index (χ2v) is 12.6. The van der Waals surface area contributed by atoms with Gasteiger partial charge in [-0.05, 0) is 72.2 Å². The van der Waals surface area contributed by atoms with Gasteiger partial charge in [0.25, 0.3) is 0 Å². The molecule has 3 aromatic rings. The van der Waals surface area contributed by atoms with E-state index in [4.69, 9.17) is 0 Å². The van der Waals surface area contributed by atoms with Crippen molar-refractivity contribution >= 4 is 21.6 Å². The minimum atomic E-state index is -3.24. The van der Waals surface area contributed by atoms with E-state index in [1.807, 2.05) is 24.3 Å². The van der Waals surface area contributed by atoms with Crippen molar-refractivity contribution in [1.82, 2.24) is 4.72 Å². The van der Waals surface area contributed by atoms with E-state index in [0.717, 1.165) is 17.4 Å². The molecule has 0 aliphatic carbocycles. The quantitative estimate of drug-likeness (QED) is 0.141. The van der Waals surface area contributed by atoms with Gasteiger partial charge in [-0.25, -0.2) is 17.5 Å². The summed E-state index contributed by atoms with van der Waals surface area (Å²) < 4.78 is 38.3. The summed E-state index contributed by atoms with van der Waals surface area (Å²) in [5, 5.41) is 40.3. The normalized spacial score (nSPS) is 18.1. The van der Waals surface area contributed by atoms with Crippen molar-refractivity contribution in [3.63, 3.8) is 0 Å². The van der Waals surface area contributed by atoms with Gasteiger partial charge in [0.1, 0.15) is 11.4 Å². The van der Waals surface area contributed by atoms with Crippen LogP contribution in [0.15, 0.2) is 72.8 Å². The first kappa shape index (κ1) is 31.7. The number of nitrogens with one attached hydrogen (secondary N) is 1. The summed E-state index contributed by atoms with van der Waals surface area (Å²) in [6.45, 7) is -0.981. The smallest absolute Gasteiger partial charge is 0.233 e. The summed E-state index contributed by atoms with van der Waals surface area (Å²) in [6, 6.07) is 19.5. The molecule has 1 unspecified atom stereocenters. The molecule has 1 saturated heterocycles. The molecule has 4 rings (SSSR count). The molecule has 1 aliphatic heterocycles. The van der Waals surface area contributed by atoms with E-state index >= 15 is 0 Å². The van der Waals surface area contributed by atoms with Crippen molar-refractivity contribution in [3.8, 4) is 0 Å². The number of β-lactam (4-membered cyclic amide) rings is 1. The van der Waals surface area contributed by atoms with E-state index in [-0.39, 0.29) is 11.9 Å². The maximum Gasteiger partial charge on any atom is 0.233 e. The number of carbonyl (C=O) groups excluding carboxylic acids is 1. The first-order valence-electron chi connectivity index (χ1n) is 13.8. The van der Waals surface area contributed by atoms with Crippen molar-refractivity contribution in [2.75, 3.05) is 30.9 Å². The lowest BCUT2D eigenvalue weighted by atomic mass is 9.77. The molecule has 0 radical (unpaired) electrons. The van der Waals surface area contributed by atoms with Crippen LogP contribution in [0.5, 0.6) is 0 Å². The Kier molecular flexibility index (Phi) is 10.1. The summed E-state index contributed by atoms with van der Waals surface area (Å²) in [5.41, 5.74) is 1.58. The van der Waals surface area contributed by atoms with Crippen LogP contribution in [-0.2, 0) is 26.8 Å². The van der Waals surface area contributed by atoms with E-state index in [1.165, 1.54) is 24.3 Å². The van der Waals surface area contributed by atoms with Crippen LogP contribution in [0.25, 0.3) is 0 Å². The zero-order chi connectivity index (χ0) is 30.5. The molecule has 0 saturated carbocycles. The van der Waals surface area contributed by atoms with Crippen molar-refractivity contribution in [3.05, 3.63) is 101 Å². The predicted molar refractivity (Wildman–Crippen MR) is 156 cm³/mol. The van der Waals surface area contributed by atoms with Crippen LogP contribution in [0.2, 0.25) is 0 Å². The van der Waals surface area contributed by atoms with Crippen molar-refractivity contribution in [2.45, 2.75) is 43.4 Å². The highest BCUT2D eigenvalue weighted by Gasteiger charge is 2.48. The van der Waals surface area contributed by atoms with Crippen molar-refractivity contribution in [1.29, 1.82) is 0 Å². The summed E-state index contributed by atoms with van der Waals surface area (Å²) in [4.78, 5) is 15.2. The molecular weight excluding hydrogens is 563 g/mol. The van der Waals surface area contributed by atoms with Gasteiger partial charge in [-0.1, -0.05) is 48.5 Å². The van der Waals surface area contributed by atoms with Gasteiger partial charge >= 0.3 is 0 Å². The van der Waals surface area contributed by atoms with Crippen LogP contribution < -0.4 is 9.62 Å². The van der Waals surface area contributed by atoms with Crippen molar-refractivity contribution < 1.29 is 38.0 Å². The minimum absolute atomic E-state index is 0.109. The van der Waals surface area contributed by atoms with Crippen LogP contribution in [0.4, 0.5) is 10.1 Å². The van der Waals surface area contributed by atoms with Gasteiger partial charge in [0.2, 0.25) is 15.9 Å². The molecule has 42 heavy (non-hydrogen) atoms. The van der Waals surface area contributed by atoms with Gasteiger partial charge in [-0.3, -0.25) is 4.79 Å². The third-order valence-corrected chi connectivity index (χ3v) is 8.48. The fraction of sp³-hybridized carbons (Fsp3) is 0.387. The number of rotatable bonds is 14. The summed E-state index contributed by atoms with van der Waals surface area (Å²) in [6.07, 6.45) is 2.20. The Hall–Kier alpha value is -3.19. The highest BCUT2D eigenvalue weighted by atomic mass is 32.2. The van der Waals surface area contributed by atoms with E-state index in [2.05, 4.69) is 4.72 Å². The van der Waals surface area contributed by atoms with E-state index in [1.54, 1.807) is 29.2 Å². The van der Waals surface area contributed by atoms with Gasteiger partial charge in [0, 0.05) is 12.2 Å². The number of nitrogens with zero attached hydrogens (tertiary/aromatic N) is 1. The van der Waals surface area contributed by atoms with Gasteiger partial charge in [-0.15, -0.1) is 0 Å². The number of hydrogen-bond acceptors (Lipinski definition) is 7. The monoisotopic (exact) mass is 600 g/mol. The Morgan fingerprint density at radius 2 is 1.60 bits per heavy atom. The van der Waals surface area contributed by atoms with Gasteiger partial charge in [0.15, 0.2) is 0 Å². The van der Waals surface area contributed by atoms with Crippen LogP contribution in [-0.4, -0.2) is 60.8 Å². The third kappa shape index (κ3) is 7.41. The molecule has 3 atom stereocenters. The molecule has 226 valence electrons. The number of hydrogen-bond donors (Lipinski definition) is 5. The van der Waals surface area contributed by atoms with Crippen LogP contribution >= 0.6 is 0 Å². The van der Waals surface area contributed by atoms with Crippen molar-refractivity contribution in [2.24, 2.45) is 5.92 Å². The Balaban J connectivity index is 1.53. The highest BCUT2D eigenvalue weighted by Crippen LogP contribution is 2.46. The summed E-state index contributed by atoms with van der Waals surface area (Å²) in [5.74, 6) is -0.949. The number of benzene rings is 3. The van der Waals surface area contributed by atoms with Crippen LogP contribution in [0.1, 0.15) is 53.7 Å². The molecule has 0 spiro atoms. The Labute approximate surface area is 245 Å². The molecule has 1 heterocycles. The lowest BCUT2D eigenvalue weighted by Gasteiger charge is -2.48. The predicted octanol–water partition coefficient (Wildman–Crippen LogP) is 2.70. The summed E-state index contributed by atoms with van der Waals surface area (Å²) >= 11 is 0. The number of carbonyl (C=O) groups is 1. The second kappa shape index (κ2) is 13.4. The van der Waals surface area contributed by atoms with Gasteiger partial charge in [0.05, 0.1) is 37.5 Å². The largest absolute Gasteiger partial charge is 0.393 e. The molecular formula is C31H37FN2O7S. The minimum Gasteiger partial charge on any atom is -0.393 e. The number of sulfonamides is 1. The zero-order valence-corrected chi connectivity index (χ0v) is 24.2. The lowest BCUT2D eigenvalue weighted by Crippen LogP contribution is -2.55. The lowest BCUT2D eigenvalue weighted by molar-refractivity contribution is -0.131. The molecule has 0 bridgehead atoms. The Morgan fingerprint density at radius 3 is 2.17 bits per heavy atom. The molecule has 1 aliphatic rings. The molecule has 1 fully saturated rings. The molecule has 1 amide bonds. The van der Waals surface area contributed by atoms with Gasteiger partial charge in [-0.2, -0.15) is 0 Å².